The van der Waals surface area contributed by atoms with Crippen LogP contribution in [0.4, 0.5) is 17.6 Å². The zero-order valence-electron chi connectivity index (χ0n) is 17.9. The average molecular weight is 446 g/mol. The van der Waals surface area contributed by atoms with E-state index < -0.39 is 43.7 Å². The first-order valence-electron chi connectivity index (χ1n) is 11.6. The second-order valence-electron chi connectivity index (χ2n) is 10.8. The van der Waals surface area contributed by atoms with Crippen molar-refractivity contribution >= 4 is 11.9 Å². The monoisotopic (exact) mass is 446 g/mol. The van der Waals surface area contributed by atoms with Crippen molar-refractivity contribution < 1.29 is 36.6 Å². The molecule has 6 aliphatic carbocycles. The Morgan fingerprint density at radius 3 is 2.39 bits per heavy atom. The zero-order chi connectivity index (χ0) is 22.3. The van der Waals surface area contributed by atoms with Gasteiger partial charge in [0.15, 0.2) is 0 Å². The molecule has 0 N–H and O–H groups in total. The van der Waals surface area contributed by atoms with Gasteiger partial charge >= 0.3 is 11.9 Å². The number of carbonyl (C=O) groups is 2. The molecule has 0 spiro atoms. The van der Waals surface area contributed by atoms with Gasteiger partial charge in [0, 0.05) is 12.3 Å². The summed E-state index contributed by atoms with van der Waals surface area (Å²) in [6.07, 6.45) is -2.63. The molecule has 174 valence electrons. The van der Waals surface area contributed by atoms with E-state index in [0.29, 0.717) is 36.0 Å². The lowest BCUT2D eigenvalue weighted by molar-refractivity contribution is -0.167. The lowest BCUT2D eigenvalue weighted by atomic mass is 9.86. The quantitative estimate of drug-likeness (QED) is 0.400. The third kappa shape index (κ3) is 3.13. The third-order valence-electron chi connectivity index (χ3n) is 9.49. The van der Waals surface area contributed by atoms with Crippen molar-refractivity contribution in [3.8, 4) is 0 Å². The summed E-state index contributed by atoms with van der Waals surface area (Å²) in [5.74, 6) is -2.17. The van der Waals surface area contributed by atoms with Crippen molar-refractivity contribution in [2.24, 2.45) is 52.8 Å². The standard InChI is InChI=1S/C23H30F4O4/c1-10-13-8-16-19(10)23(16,11(13)2)21(29)31-17-7-12-5-14(17)15(6-12)20(28)30-4-3-22(26,27)9-18(24)25/h10-19H,3-9H2,1-2H3. The number of halogens is 4. The first kappa shape index (κ1) is 21.5. The number of rotatable bonds is 8. The molecule has 10 unspecified atom stereocenters. The fourth-order valence-corrected chi connectivity index (χ4v) is 8.23. The highest BCUT2D eigenvalue weighted by atomic mass is 19.3. The van der Waals surface area contributed by atoms with Crippen LogP contribution in [0, 0.1) is 52.8 Å². The van der Waals surface area contributed by atoms with E-state index in [4.69, 9.17) is 9.47 Å². The van der Waals surface area contributed by atoms with Gasteiger partial charge in [-0.25, -0.2) is 17.6 Å². The van der Waals surface area contributed by atoms with E-state index in [1.807, 2.05) is 0 Å². The number of alkyl halides is 4. The summed E-state index contributed by atoms with van der Waals surface area (Å²) in [6, 6.07) is 0. The Balaban J connectivity index is 1.15. The predicted molar refractivity (Wildman–Crippen MR) is 101 cm³/mol. The van der Waals surface area contributed by atoms with Crippen LogP contribution < -0.4 is 0 Å². The number of carbonyl (C=O) groups excluding carboxylic acids is 2. The topological polar surface area (TPSA) is 52.6 Å². The van der Waals surface area contributed by atoms with Gasteiger partial charge in [-0.05, 0) is 61.2 Å². The van der Waals surface area contributed by atoms with Crippen LogP contribution in [0.2, 0.25) is 0 Å². The van der Waals surface area contributed by atoms with Gasteiger partial charge in [0.25, 0.3) is 5.92 Å². The summed E-state index contributed by atoms with van der Waals surface area (Å²) in [6.45, 7) is 3.82. The molecule has 10 atom stereocenters. The molecule has 6 aliphatic rings. The zero-order valence-corrected chi connectivity index (χ0v) is 17.9. The van der Waals surface area contributed by atoms with E-state index in [9.17, 15) is 27.2 Å². The minimum atomic E-state index is -3.56. The second-order valence-corrected chi connectivity index (χ2v) is 10.8. The van der Waals surface area contributed by atoms with Crippen LogP contribution in [0.3, 0.4) is 0 Å². The van der Waals surface area contributed by atoms with Gasteiger partial charge < -0.3 is 9.47 Å². The maximum absolute atomic E-state index is 13.4. The fourth-order valence-electron chi connectivity index (χ4n) is 8.23. The first-order valence-corrected chi connectivity index (χ1v) is 11.6. The van der Waals surface area contributed by atoms with Gasteiger partial charge in [0.2, 0.25) is 6.43 Å². The molecule has 0 aromatic heterocycles. The molecule has 6 bridgehead atoms. The van der Waals surface area contributed by atoms with Gasteiger partial charge in [0.05, 0.1) is 24.4 Å². The number of hydrogen-bond donors (Lipinski definition) is 0. The smallest absolute Gasteiger partial charge is 0.313 e. The number of hydrogen-bond acceptors (Lipinski definition) is 4. The summed E-state index contributed by atoms with van der Waals surface area (Å²) in [4.78, 5) is 25.7. The SMILES string of the molecule is CC1C2CC3C1C3(C(=O)OC1CC3CC(C(=O)OCCC(F)(F)CC(F)F)C1C3)C2C. The van der Waals surface area contributed by atoms with E-state index in [-0.39, 0.29) is 29.3 Å². The van der Waals surface area contributed by atoms with Crippen LogP contribution in [0.1, 0.15) is 52.4 Å². The molecule has 6 fully saturated rings. The Morgan fingerprint density at radius 1 is 1.10 bits per heavy atom. The van der Waals surface area contributed by atoms with Crippen LogP contribution in [0.25, 0.3) is 0 Å². The van der Waals surface area contributed by atoms with E-state index in [1.165, 1.54) is 0 Å². The van der Waals surface area contributed by atoms with Crippen molar-refractivity contribution in [3.63, 3.8) is 0 Å². The molecule has 6 rings (SSSR count). The maximum Gasteiger partial charge on any atom is 0.313 e. The van der Waals surface area contributed by atoms with E-state index in [2.05, 4.69) is 13.8 Å². The summed E-state index contributed by atoms with van der Waals surface area (Å²) in [5, 5.41) is 0. The molecule has 8 heteroatoms. The molecule has 31 heavy (non-hydrogen) atoms. The van der Waals surface area contributed by atoms with Gasteiger partial charge in [-0.15, -0.1) is 0 Å². The molecule has 0 aromatic carbocycles. The Labute approximate surface area is 179 Å². The van der Waals surface area contributed by atoms with Crippen LogP contribution >= 0.6 is 0 Å². The van der Waals surface area contributed by atoms with Crippen LogP contribution in [0.5, 0.6) is 0 Å². The van der Waals surface area contributed by atoms with E-state index in [1.54, 1.807) is 0 Å². The summed E-state index contributed by atoms with van der Waals surface area (Å²) in [7, 11) is 0. The van der Waals surface area contributed by atoms with Gasteiger partial charge in [-0.3, -0.25) is 9.59 Å². The lowest BCUT2D eigenvalue weighted by Gasteiger charge is -2.30. The molecule has 0 amide bonds. The highest BCUT2D eigenvalue weighted by molar-refractivity contribution is 5.84. The predicted octanol–water partition coefficient (Wildman–Crippen LogP) is 4.71. The van der Waals surface area contributed by atoms with Crippen LogP contribution in [-0.2, 0) is 19.1 Å². The molecular weight excluding hydrogens is 416 g/mol. The minimum Gasteiger partial charge on any atom is -0.465 e. The Bertz CT molecular complexity index is 769. The van der Waals surface area contributed by atoms with Crippen molar-refractivity contribution in [2.45, 2.75) is 70.8 Å². The van der Waals surface area contributed by atoms with Gasteiger partial charge in [-0.1, -0.05) is 13.8 Å². The summed E-state index contributed by atoms with van der Waals surface area (Å²) >= 11 is 0. The van der Waals surface area contributed by atoms with Crippen LogP contribution in [-0.4, -0.2) is 37.0 Å². The van der Waals surface area contributed by atoms with E-state index >= 15 is 0 Å². The highest BCUT2D eigenvalue weighted by Gasteiger charge is 2.85. The summed E-state index contributed by atoms with van der Waals surface area (Å²) < 4.78 is 62.3. The molecule has 0 heterocycles. The average Bonchev–Trinajstić information content (AvgIpc) is 3.13. The number of fused-ring (bicyclic) bond motifs is 2. The Morgan fingerprint density at radius 2 is 1.84 bits per heavy atom. The molecular formula is C23H30F4O4. The van der Waals surface area contributed by atoms with Gasteiger partial charge in [-0.2, -0.15) is 0 Å². The Hall–Kier alpha value is -1.34. The van der Waals surface area contributed by atoms with Crippen molar-refractivity contribution in [1.82, 2.24) is 0 Å². The van der Waals surface area contributed by atoms with Crippen molar-refractivity contribution in [1.29, 1.82) is 0 Å². The Kier molecular flexibility index (Phi) is 4.91. The number of ether oxygens (including phenoxy) is 2. The lowest BCUT2D eigenvalue weighted by Crippen LogP contribution is -2.37. The molecule has 0 aliphatic heterocycles. The third-order valence-corrected chi connectivity index (χ3v) is 9.49. The molecule has 0 aromatic rings. The molecule has 4 nitrogen and oxygen atoms in total. The summed E-state index contributed by atoms with van der Waals surface area (Å²) in [5.41, 5.74) is -0.321. The second kappa shape index (κ2) is 7.08. The van der Waals surface area contributed by atoms with Crippen molar-refractivity contribution in [2.75, 3.05) is 6.61 Å². The highest BCUT2D eigenvalue weighted by Crippen LogP contribution is 2.83. The van der Waals surface area contributed by atoms with Gasteiger partial charge in [0.1, 0.15) is 6.10 Å². The van der Waals surface area contributed by atoms with Crippen molar-refractivity contribution in [3.05, 3.63) is 0 Å². The minimum absolute atomic E-state index is 0.0989. The maximum atomic E-state index is 13.4. The molecule has 6 saturated carbocycles. The largest absolute Gasteiger partial charge is 0.465 e. The molecule has 0 saturated heterocycles. The van der Waals surface area contributed by atoms with E-state index in [0.717, 1.165) is 19.3 Å². The normalized spacial score (nSPS) is 46.6. The fraction of sp³-hybridized carbons (Fsp3) is 0.913. The molecule has 0 radical (unpaired) electrons. The first-order chi connectivity index (χ1) is 14.6. The van der Waals surface area contributed by atoms with Crippen LogP contribution in [0.15, 0.2) is 0 Å². The number of esters is 2.